The molecule has 4 heteroatoms. The van der Waals surface area contributed by atoms with Crippen LogP contribution in [0, 0.1) is 5.41 Å². The standard InChI is InChI=1S/C17H18N2O2/c18-16-12-6-1-2-8-14(12)19(21-16)17(10-3-4-11-17)13-7-5-9-15(13)20/h1-2,6-8,18H,3-5,9-11H2. The van der Waals surface area contributed by atoms with E-state index in [1.54, 1.807) is 0 Å². The molecule has 0 bridgehead atoms. The van der Waals surface area contributed by atoms with Crippen molar-refractivity contribution in [2.75, 3.05) is 0 Å². The summed E-state index contributed by atoms with van der Waals surface area (Å²) >= 11 is 0. The first-order valence-electron chi connectivity index (χ1n) is 7.62. The van der Waals surface area contributed by atoms with E-state index in [1.807, 2.05) is 29.0 Å². The number of hydrogen-bond donors (Lipinski definition) is 1. The van der Waals surface area contributed by atoms with Crippen molar-refractivity contribution < 1.29 is 9.32 Å². The lowest BCUT2D eigenvalue weighted by Crippen LogP contribution is -2.34. The molecule has 108 valence electrons. The van der Waals surface area contributed by atoms with Gasteiger partial charge >= 0.3 is 0 Å². The molecular weight excluding hydrogens is 264 g/mol. The van der Waals surface area contributed by atoms with E-state index in [1.165, 1.54) is 0 Å². The number of benzene rings is 1. The van der Waals surface area contributed by atoms with Crippen LogP contribution in [0.15, 0.2) is 40.4 Å². The molecule has 2 aliphatic rings. The molecule has 4 nitrogen and oxygen atoms in total. The number of rotatable bonds is 2. The van der Waals surface area contributed by atoms with Gasteiger partial charge in [-0.15, -0.1) is 0 Å². The highest BCUT2D eigenvalue weighted by Crippen LogP contribution is 2.46. The zero-order valence-electron chi connectivity index (χ0n) is 11.9. The number of nitrogens with zero attached hydrogens (tertiary/aromatic N) is 1. The molecule has 1 heterocycles. The Morgan fingerprint density at radius 3 is 2.67 bits per heavy atom. The van der Waals surface area contributed by atoms with Gasteiger partial charge in [-0.2, -0.15) is 4.74 Å². The second kappa shape index (κ2) is 4.45. The predicted molar refractivity (Wildman–Crippen MR) is 78.8 cm³/mol. The van der Waals surface area contributed by atoms with Gasteiger partial charge in [-0.05, 0) is 31.4 Å². The number of nitrogens with one attached hydrogen (secondary N) is 1. The van der Waals surface area contributed by atoms with Crippen molar-refractivity contribution in [2.24, 2.45) is 0 Å². The minimum atomic E-state index is -0.369. The summed E-state index contributed by atoms with van der Waals surface area (Å²) in [6.07, 6.45) is 7.58. The van der Waals surface area contributed by atoms with Crippen molar-refractivity contribution in [3.63, 3.8) is 0 Å². The largest absolute Gasteiger partial charge is 0.358 e. The normalized spacial score (nSPS) is 21.1. The first-order chi connectivity index (χ1) is 10.2. The van der Waals surface area contributed by atoms with E-state index >= 15 is 0 Å². The number of carbonyl (C=O) groups excluding carboxylic acids is 1. The molecular formula is C17H18N2O2. The Labute approximate surface area is 122 Å². The first-order valence-corrected chi connectivity index (χ1v) is 7.62. The Hall–Kier alpha value is -2.10. The molecule has 2 aromatic rings. The summed E-state index contributed by atoms with van der Waals surface area (Å²) in [5.74, 6) is 0.247. The Bertz CT molecular complexity index is 804. The van der Waals surface area contributed by atoms with Crippen molar-refractivity contribution in [1.29, 1.82) is 5.41 Å². The summed E-state index contributed by atoms with van der Waals surface area (Å²) in [7, 11) is 0. The molecule has 4 rings (SSSR count). The van der Waals surface area contributed by atoms with Gasteiger partial charge in [0.1, 0.15) is 5.54 Å². The van der Waals surface area contributed by atoms with E-state index in [4.69, 9.17) is 9.93 Å². The van der Waals surface area contributed by atoms with Gasteiger partial charge in [-0.1, -0.05) is 31.1 Å². The number of ketones is 1. The van der Waals surface area contributed by atoms with Crippen LogP contribution < -0.4 is 5.55 Å². The Morgan fingerprint density at radius 2 is 1.95 bits per heavy atom. The molecule has 0 unspecified atom stereocenters. The summed E-state index contributed by atoms with van der Waals surface area (Å²) in [5.41, 5.74) is 1.64. The third kappa shape index (κ3) is 1.68. The zero-order chi connectivity index (χ0) is 14.4. The van der Waals surface area contributed by atoms with Crippen LogP contribution in [-0.4, -0.2) is 10.5 Å². The maximum absolute atomic E-state index is 12.3. The lowest BCUT2D eigenvalue weighted by Gasteiger charge is -2.30. The van der Waals surface area contributed by atoms with E-state index in [9.17, 15) is 4.79 Å². The van der Waals surface area contributed by atoms with Crippen LogP contribution in [0.2, 0.25) is 0 Å². The van der Waals surface area contributed by atoms with Gasteiger partial charge in [0.05, 0.1) is 10.9 Å². The Balaban J connectivity index is 1.99. The van der Waals surface area contributed by atoms with Gasteiger partial charge in [0, 0.05) is 12.0 Å². The Morgan fingerprint density at radius 1 is 1.19 bits per heavy atom. The SMILES string of the molecule is N=c1on(C2(C3=CCCC3=O)CCCC2)c2ccccc12. The van der Waals surface area contributed by atoms with Crippen LogP contribution in [0.4, 0.5) is 0 Å². The number of aromatic nitrogens is 1. The van der Waals surface area contributed by atoms with Crippen LogP contribution in [0.25, 0.3) is 10.9 Å². The van der Waals surface area contributed by atoms with E-state index in [-0.39, 0.29) is 16.9 Å². The quantitative estimate of drug-likeness (QED) is 0.919. The summed E-state index contributed by atoms with van der Waals surface area (Å²) < 4.78 is 7.66. The number of fused-ring (bicyclic) bond motifs is 1. The summed E-state index contributed by atoms with van der Waals surface area (Å²) in [4.78, 5) is 12.3. The highest BCUT2D eigenvalue weighted by atomic mass is 16.5. The van der Waals surface area contributed by atoms with E-state index in [0.29, 0.717) is 6.42 Å². The van der Waals surface area contributed by atoms with Crippen LogP contribution in [0.1, 0.15) is 38.5 Å². The van der Waals surface area contributed by atoms with Crippen molar-refractivity contribution >= 4 is 16.7 Å². The van der Waals surface area contributed by atoms with E-state index in [2.05, 4.69) is 6.08 Å². The lowest BCUT2D eigenvalue weighted by molar-refractivity contribution is -0.116. The third-order valence-corrected chi connectivity index (χ3v) is 4.89. The minimum absolute atomic E-state index is 0.183. The fourth-order valence-electron chi connectivity index (χ4n) is 3.94. The zero-order valence-corrected chi connectivity index (χ0v) is 11.9. The van der Waals surface area contributed by atoms with Gasteiger partial charge in [0.2, 0.25) is 5.55 Å². The molecule has 1 fully saturated rings. The summed E-state index contributed by atoms with van der Waals surface area (Å²) in [6.45, 7) is 0. The minimum Gasteiger partial charge on any atom is -0.358 e. The molecule has 1 N–H and O–H groups in total. The van der Waals surface area contributed by atoms with Crippen LogP contribution >= 0.6 is 0 Å². The molecule has 0 amide bonds. The molecule has 21 heavy (non-hydrogen) atoms. The molecule has 0 radical (unpaired) electrons. The number of carbonyl (C=O) groups is 1. The highest BCUT2D eigenvalue weighted by Gasteiger charge is 2.45. The molecule has 1 aromatic heterocycles. The highest BCUT2D eigenvalue weighted by molar-refractivity contribution is 5.99. The number of allylic oxidation sites excluding steroid dienone is 2. The average molecular weight is 282 g/mol. The number of Topliss-reactive ketones (excluding diaryl/α,β-unsaturated/α-hetero) is 1. The average Bonchev–Trinajstić information content (AvgIpc) is 3.19. The van der Waals surface area contributed by atoms with Crippen LogP contribution in [0.3, 0.4) is 0 Å². The van der Waals surface area contributed by atoms with Crippen LogP contribution in [0.5, 0.6) is 0 Å². The summed E-state index contributed by atoms with van der Waals surface area (Å²) in [5, 5.41) is 8.88. The van der Waals surface area contributed by atoms with Gasteiger partial charge in [-0.3, -0.25) is 10.2 Å². The fourth-order valence-corrected chi connectivity index (χ4v) is 3.94. The molecule has 1 saturated carbocycles. The number of para-hydroxylation sites is 1. The molecule has 0 saturated heterocycles. The van der Waals surface area contributed by atoms with E-state index in [0.717, 1.165) is 48.6 Å². The second-order valence-electron chi connectivity index (χ2n) is 6.05. The van der Waals surface area contributed by atoms with Crippen molar-refractivity contribution in [1.82, 2.24) is 4.74 Å². The van der Waals surface area contributed by atoms with E-state index < -0.39 is 0 Å². The fraction of sp³-hybridized carbons (Fsp3) is 0.412. The molecule has 2 aliphatic carbocycles. The lowest BCUT2D eigenvalue weighted by atomic mass is 9.86. The van der Waals surface area contributed by atoms with Crippen LogP contribution in [-0.2, 0) is 10.3 Å². The van der Waals surface area contributed by atoms with Crippen molar-refractivity contribution in [2.45, 2.75) is 44.1 Å². The molecule has 0 atom stereocenters. The first kappa shape index (κ1) is 12.6. The molecule has 1 aromatic carbocycles. The second-order valence-corrected chi connectivity index (χ2v) is 6.05. The maximum Gasteiger partial charge on any atom is 0.248 e. The third-order valence-electron chi connectivity index (χ3n) is 4.89. The molecule has 0 spiro atoms. The Kier molecular flexibility index (Phi) is 2.67. The summed E-state index contributed by atoms with van der Waals surface area (Å²) in [6, 6.07) is 7.77. The molecule has 0 aliphatic heterocycles. The van der Waals surface area contributed by atoms with Gasteiger partial charge < -0.3 is 4.52 Å². The topological polar surface area (TPSA) is 59.0 Å². The van der Waals surface area contributed by atoms with Gasteiger partial charge in [-0.25, -0.2) is 0 Å². The van der Waals surface area contributed by atoms with Crippen molar-refractivity contribution in [3.05, 3.63) is 41.5 Å². The van der Waals surface area contributed by atoms with Crippen molar-refractivity contribution in [3.8, 4) is 0 Å². The maximum atomic E-state index is 12.3. The van der Waals surface area contributed by atoms with Gasteiger partial charge in [0.15, 0.2) is 5.78 Å². The predicted octanol–water partition coefficient (Wildman–Crippen LogP) is 3.27. The number of hydrogen-bond acceptors (Lipinski definition) is 3. The smallest absolute Gasteiger partial charge is 0.248 e. The monoisotopic (exact) mass is 282 g/mol. The van der Waals surface area contributed by atoms with Gasteiger partial charge in [0.25, 0.3) is 0 Å².